The van der Waals surface area contributed by atoms with Gasteiger partial charge in [-0.3, -0.25) is 4.79 Å². The van der Waals surface area contributed by atoms with Crippen LogP contribution in [0.4, 0.5) is 0 Å². The third kappa shape index (κ3) is 4.98. The standard InChI is InChI=1S/C18H17ClN2O2S/c1-12-17(13(2)22)10-14(11-20)18(21-12)24-9-3-8-23-16-6-4-15(19)5-7-16/h4-7,10H,3,8-9H2,1-2H3. The molecule has 0 amide bonds. The van der Waals surface area contributed by atoms with Crippen LogP contribution >= 0.6 is 23.4 Å². The zero-order valence-corrected chi connectivity index (χ0v) is 15.1. The fraction of sp³-hybridized carbons (Fsp3) is 0.278. The monoisotopic (exact) mass is 360 g/mol. The number of rotatable bonds is 7. The second-order valence-corrected chi connectivity index (χ2v) is 6.67. The van der Waals surface area contributed by atoms with Gasteiger partial charge < -0.3 is 4.74 Å². The molecule has 0 saturated carbocycles. The van der Waals surface area contributed by atoms with Crippen molar-refractivity contribution >= 4 is 29.1 Å². The highest BCUT2D eigenvalue weighted by Crippen LogP contribution is 2.24. The van der Waals surface area contributed by atoms with E-state index in [9.17, 15) is 10.1 Å². The summed E-state index contributed by atoms with van der Waals surface area (Å²) in [5.41, 5.74) is 1.60. The molecule has 0 radical (unpaired) electrons. The second kappa shape index (κ2) is 8.72. The van der Waals surface area contributed by atoms with E-state index >= 15 is 0 Å². The van der Waals surface area contributed by atoms with Crippen molar-refractivity contribution in [2.45, 2.75) is 25.3 Å². The molecule has 2 rings (SSSR count). The minimum Gasteiger partial charge on any atom is -0.494 e. The molecule has 0 aliphatic rings. The van der Waals surface area contributed by atoms with Crippen LogP contribution in [0.25, 0.3) is 0 Å². The van der Waals surface area contributed by atoms with E-state index < -0.39 is 0 Å². The number of pyridine rings is 1. The van der Waals surface area contributed by atoms with Gasteiger partial charge in [0.2, 0.25) is 0 Å². The molecule has 0 N–H and O–H groups in total. The average molecular weight is 361 g/mol. The van der Waals surface area contributed by atoms with Crippen molar-refractivity contribution < 1.29 is 9.53 Å². The molecule has 0 unspecified atom stereocenters. The van der Waals surface area contributed by atoms with Crippen LogP contribution in [0.15, 0.2) is 35.4 Å². The van der Waals surface area contributed by atoms with Crippen LogP contribution < -0.4 is 4.74 Å². The minimum absolute atomic E-state index is 0.0792. The van der Waals surface area contributed by atoms with E-state index in [0.717, 1.165) is 17.9 Å². The summed E-state index contributed by atoms with van der Waals surface area (Å²) in [6.45, 7) is 3.83. The first-order valence-electron chi connectivity index (χ1n) is 7.45. The van der Waals surface area contributed by atoms with Crippen molar-refractivity contribution in [3.63, 3.8) is 0 Å². The summed E-state index contributed by atoms with van der Waals surface area (Å²) in [6.07, 6.45) is 0.813. The molecule has 24 heavy (non-hydrogen) atoms. The summed E-state index contributed by atoms with van der Waals surface area (Å²) in [5.74, 6) is 1.47. The Labute approximate surface area is 150 Å². The van der Waals surface area contributed by atoms with Gasteiger partial charge in [0.15, 0.2) is 5.78 Å². The lowest BCUT2D eigenvalue weighted by Crippen LogP contribution is -2.03. The highest BCUT2D eigenvalue weighted by Gasteiger charge is 2.12. The van der Waals surface area contributed by atoms with Gasteiger partial charge in [0.05, 0.1) is 12.2 Å². The highest BCUT2D eigenvalue weighted by molar-refractivity contribution is 7.99. The molecule has 0 spiro atoms. The fourth-order valence-electron chi connectivity index (χ4n) is 2.08. The molecule has 0 aliphatic carbocycles. The van der Waals surface area contributed by atoms with Crippen molar-refractivity contribution in [2.75, 3.05) is 12.4 Å². The van der Waals surface area contributed by atoms with Gasteiger partial charge in [-0.2, -0.15) is 5.26 Å². The largest absolute Gasteiger partial charge is 0.494 e. The number of hydrogen-bond donors (Lipinski definition) is 0. The van der Waals surface area contributed by atoms with E-state index in [1.807, 2.05) is 12.1 Å². The fourth-order valence-corrected chi connectivity index (χ4v) is 3.12. The van der Waals surface area contributed by atoms with Gasteiger partial charge in [-0.15, -0.1) is 11.8 Å². The first kappa shape index (κ1) is 18.3. The number of hydrogen-bond acceptors (Lipinski definition) is 5. The molecular formula is C18H17ClN2O2S. The Morgan fingerprint density at radius 1 is 1.38 bits per heavy atom. The van der Waals surface area contributed by atoms with Crippen molar-refractivity contribution in [3.8, 4) is 11.8 Å². The van der Waals surface area contributed by atoms with E-state index in [-0.39, 0.29) is 5.78 Å². The zero-order chi connectivity index (χ0) is 17.5. The number of Topliss-reactive ketones (excluding diaryl/α,β-unsaturated/α-hetero) is 1. The van der Waals surface area contributed by atoms with Crippen molar-refractivity contribution in [3.05, 3.63) is 52.2 Å². The molecule has 0 atom stereocenters. The van der Waals surface area contributed by atoms with Crippen molar-refractivity contribution in [1.29, 1.82) is 5.26 Å². The number of carbonyl (C=O) groups is 1. The third-order valence-electron chi connectivity index (χ3n) is 3.29. The number of benzene rings is 1. The van der Waals surface area contributed by atoms with Gasteiger partial charge in [0.25, 0.3) is 0 Å². The topological polar surface area (TPSA) is 63.0 Å². The lowest BCUT2D eigenvalue weighted by atomic mass is 10.1. The van der Waals surface area contributed by atoms with Crippen LogP contribution in [0.1, 0.15) is 35.0 Å². The first-order chi connectivity index (χ1) is 11.5. The Bertz CT molecular complexity index is 770. The van der Waals surface area contributed by atoms with Gasteiger partial charge >= 0.3 is 0 Å². The Balaban J connectivity index is 1.88. The number of aromatic nitrogens is 1. The SMILES string of the molecule is CC(=O)c1cc(C#N)c(SCCCOc2ccc(Cl)cc2)nc1C. The maximum atomic E-state index is 11.5. The predicted octanol–water partition coefficient (Wildman–Crippen LogP) is 4.68. The molecule has 1 aromatic carbocycles. The van der Waals surface area contributed by atoms with E-state index in [2.05, 4.69) is 11.1 Å². The van der Waals surface area contributed by atoms with Gasteiger partial charge in [0, 0.05) is 22.0 Å². The molecule has 2 aromatic rings. The Hall–Kier alpha value is -2.03. The third-order valence-corrected chi connectivity index (χ3v) is 4.62. The van der Waals surface area contributed by atoms with Crippen LogP contribution in [0.2, 0.25) is 5.02 Å². The minimum atomic E-state index is -0.0792. The van der Waals surface area contributed by atoms with Crippen LogP contribution in [-0.4, -0.2) is 23.1 Å². The maximum Gasteiger partial charge on any atom is 0.161 e. The molecular weight excluding hydrogens is 344 g/mol. The molecule has 0 bridgehead atoms. The molecule has 1 heterocycles. The van der Waals surface area contributed by atoms with Crippen LogP contribution in [-0.2, 0) is 0 Å². The molecule has 0 saturated heterocycles. The smallest absolute Gasteiger partial charge is 0.161 e. The van der Waals surface area contributed by atoms with Crippen LogP contribution in [0, 0.1) is 18.3 Å². The second-order valence-electron chi connectivity index (χ2n) is 5.15. The normalized spacial score (nSPS) is 10.2. The summed E-state index contributed by atoms with van der Waals surface area (Å²) in [4.78, 5) is 15.9. The van der Waals surface area contributed by atoms with Crippen molar-refractivity contribution in [2.24, 2.45) is 0 Å². The molecule has 0 fully saturated rings. The molecule has 6 heteroatoms. The summed E-state index contributed by atoms with van der Waals surface area (Å²) >= 11 is 7.32. The van der Waals surface area contributed by atoms with Gasteiger partial charge in [0.1, 0.15) is 16.8 Å². The van der Waals surface area contributed by atoms with Crippen LogP contribution in [0.3, 0.4) is 0 Å². The number of ether oxygens (including phenoxy) is 1. The lowest BCUT2D eigenvalue weighted by Gasteiger charge is -2.08. The number of halogens is 1. The number of thioether (sulfide) groups is 1. The molecule has 124 valence electrons. The quantitative estimate of drug-likeness (QED) is 0.407. The average Bonchev–Trinajstić information content (AvgIpc) is 2.56. The number of nitrogens with zero attached hydrogens (tertiary/aromatic N) is 2. The maximum absolute atomic E-state index is 11.5. The van der Waals surface area contributed by atoms with Crippen molar-refractivity contribution in [1.82, 2.24) is 4.98 Å². The first-order valence-corrected chi connectivity index (χ1v) is 8.81. The number of aryl methyl sites for hydroxylation is 1. The molecule has 0 aliphatic heterocycles. The lowest BCUT2D eigenvalue weighted by molar-refractivity contribution is 0.101. The summed E-state index contributed by atoms with van der Waals surface area (Å²) < 4.78 is 5.63. The Kier molecular flexibility index (Phi) is 6.65. The van der Waals surface area contributed by atoms with E-state index in [0.29, 0.717) is 33.5 Å². The Morgan fingerprint density at radius 3 is 2.71 bits per heavy atom. The zero-order valence-electron chi connectivity index (χ0n) is 13.5. The number of nitriles is 1. The van der Waals surface area contributed by atoms with Crippen LogP contribution in [0.5, 0.6) is 5.75 Å². The molecule has 4 nitrogen and oxygen atoms in total. The number of carbonyl (C=O) groups excluding carboxylic acids is 1. The Morgan fingerprint density at radius 2 is 2.08 bits per heavy atom. The summed E-state index contributed by atoms with van der Waals surface area (Å²) in [5, 5.41) is 10.6. The highest BCUT2D eigenvalue weighted by atomic mass is 35.5. The molecule has 1 aromatic heterocycles. The van der Waals surface area contributed by atoms with Gasteiger partial charge in [-0.05, 0) is 50.6 Å². The van der Waals surface area contributed by atoms with Gasteiger partial charge in [-0.25, -0.2) is 4.98 Å². The number of ketones is 1. The summed E-state index contributed by atoms with van der Waals surface area (Å²) in [7, 11) is 0. The van der Waals surface area contributed by atoms with Gasteiger partial charge in [-0.1, -0.05) is 11.6 Å². The predicted molar refractivity (Wildman–Crippen MR) is 96.0 cm³/mol. The van der Waals surface area contributed by atoms with E-state index in [4.69, 9.17) is 16.3 Å². The van der Waals surface area contributed by atoms with E-state index in [1.165, 1.54) is 18.7 Å². The van der Waals surface area contributed by atoms with E-state index in [1.54, 1.807) is 25.1 Å². The summed E-state index contributed by atoms with van der Waals surface area (Å²) in [6, 6.07) is 11.0.